The van der Waals surface area contributed by atoms with Gasteiger partial charge in [-0.2, -0.15) is 0 Å². The van der Waals surface area contributed by atoms with Crippen molar-refractivity contribution in [2.24, 2.45) is 13.0 Å². The van der Waals surface area contributed by atoms with Crippen LogP contribution in [0.3, 0.4) is 0 Å². The number of aliphatic hydroxyl groups excluding tert-OH is 1. The second-order valence-corrected chi connectivity index (χ2v) is 10.0. The molecule has 2 aromatic carbocycles. The molecule has 2 aliphatic rings. The van der Waals surface area contributed by atoms with Crippen molar-refractivity contribution < 1.29 is 9.84 Å². The first-order valence-corrected chi connectivity index (χ1v) is 12.5. The molecule has 2 N–H and O–H groups in total. The van der Waals surface area contributed by atoms with Gasteiger partial charge in [-0.15, -0.1) is 0 Å². The standard InChI is InChI=1S/C26H23ClN8O2/c1-34-13-31-19-9-17(3-4-21(19)34)37-23-5-2-15(7-18(23)27)32-25-24-20(29-12-30-25)10-28-26(33-24)35-11-14-6-16(35)8-22(14)36/h2-5,7,9-10,12-14,16,22,36H,6,8,11H2,1H3,(H,29,30,32)/t14-,16-,22+/m0/s1. The lowest BCUT2D eigenvalue weighted by atomic mass is 10.1. The van der Waals surface area contributed by atoms with Gasteiger partial charge in [0.2, 0.25) is 5.95 Å². The fourth-order valence-electron chi connectivity index (χ4n) is 5.35. The third-order valence-corrected chi connectivity index (χ3v) is 7.54. The van der Waals surface area contributed by atoms with Crippen LogP contribution in [0.25, 0.3) is 22.1 Å². The van der Waals surface area contributed by atoms with E-state index in [0.717, 1.165) is 36.1 Å². The molecular formula is C26H23ClN8O2. The van der Waals surface area contributed by atoms with Gasteiger partial charge in [0.1, 0.15) is 28.9 Å². The number of benzene rings is 2. The molecule has 37 heavy (non-hydrogen) atoms. The summed E-state index contributed by atoms with van der Waals surface area (Å²) in [6.45, 7) is 0.762. The highest BCUT2D eigenvalue weighted by atomic mass is 35.5. The zero-order valence-electron chi connectivity index (χ0n) is 19.9. The number of piperidine rings is 1. The number of rotatable bonds is 5. The van der Waals surface area contributed by atoms with Crippen molar-refractivity contribution in [3.8, 4) is 11.5 Å². The molecule has 7 rings (SSSR count). The highest BCUT2D eigenvalue weighted by Gasteiger charge is 2.44. The van der Waals surface area contributed by atoms with Gasteiger partial charge in [0.05, 0.1) is 34.7 Å². The van der Waals surface area contributed by atoms with E-state index in [-0.39, 0.29) is 18.1 Å². The zero-order valence-corrected chi connectivity index (χ0v) is 20.7. The number of nitrogens with one attached hydrogen (secondary N) is 1. The van der Waals surface area contributed by atoms with Crippen molar-refractivity contribution in [2.45, 2.75) is 25.0 Å². The van der Waals surface area contributed by atoms with Crippen molar-refractivity contribution in [1.82, 2.24) is 29.5 Å². The Bertz CT molecular complexity index is 1660. The topological polar surface area (TPSA) is 114 Å². The number of aromatic nitrogens is 6. The Morgan fingerprint density at radius 1 is 1.05 bits per heavy atom. The summed E-state index contributed by atoms with van der Waals surface area (Å²) < 4.78 is 7.98. The van der Waals surface area contributed by atoms with E-state index in [2.05, 4.69) is 30.2 Å². The van der Waals surface area contributed by atoms with Gasteiger partial charge in [-0.05, 0) is 43.2 Å². The minimum absolute atomic E-state index is 0.225. The van der Waals surface area contributed by atoms with Crippen molar-refractivity contribution in [1.29, 1.82) is 0 Å². The Balaban J connectivity index is 1.14. The summed E-state index contributed by atoms with van der Waals surface area (Å²) >= 11 is 6.58. The molecule has 0 amide bonds. The maximum Gasteiger partial charge on any atom is 0.226 e. The highest BCUT2D eigenvalue weighted by molar-refractivity contribution is 6.32. The van der Waals surface area contributed by atoms with Gasteiger partial charge in [-0.1, -0.05) is 11.6 Å². The van der Waals surface area contributed by atoms with E-state index in [1.165, 1.54) is 6.33 Å². The molecule has 1 saturated heterocycles. The largest absolute Gasteiger partial charge is 0.456 e. The molecule has 1 aliphatic heterocycles. The SMILES string of the molecule is Cn1cnc2cc(Oc3ccc(Nc4ncnc5cnc(N6C[C@@H]7C[C@H]6C[C@H]7O)nc45)cc3Cl)ccc21. The molecule has 5 aromatic rings. The lowest BCUT2D eigenvalue weighted by molar-refractivity contribution is 0.126. The average Bonchev–Trinajstić information content (AvgIpc) is 3.59. The number of aliphatic hydroxyl groups is 1. The van der Waals surface area contributed by atoms with Crippen LogP contribution in [-0.2, 0) is 7.05 Å². The molecule has 1 aliphatic carbocycles. The minimum Gasteiger partial charge on any atom is -0.456 e. The van der Waals surface area contributed by atoms with Crippen molar-refractivity contribution in [3.63, 3.8) is 0 Å². The number of nitrogens with zero attached hydrogens (tertiary/aromatic N) is 7. The molecule has 10 nitrogen and oxygen atoms in total. The van der Waals surface area contributed by atoms with Crippen LogP contribution in [0.15, 0.2) is 55.2 Å². The van der Waals surface area contributed by atoms with E-state index < -0.39 is 0 Å². The second kappa shape index (κ2) is 8.53. The maximum absolute atomic E-state index is 10.1. The number of halogens is 1. The third-order valence-electron chi connectivity index (χ3n) is 7.25. The molecule has 3 aromatic heterocycles. The van der Waals surface area contributed by atoms with Gasteiger partial charge in [0.25, 0.3) is 0 Å². The molecule has 0 spiro atoms. The number of aryl methyl sites for hydroxylation is 1. The van der Waals surface area contributed by atoms with Gasteiger partial charge in [0.15, 0.2) is 5.82 Å². The number of hydrogen-bond donors (Lipinski definition) is 2. The predicted molar refractivity (Wildman–Crippen MR) is 141 cm³/mol. The van der Waals surface area contributed by atoms with Crippen LogP contribution in [0.1, 0.15) is 12.8 Å². The number of anilines is 3. The first kappa shape index (κ1) is 22.2. The quantitative estimate of drug-likeness (QED) is 0.351. The summed E-state index contributed by atoms with van der Waals surface area (Å²) in [6, 6.07) is 11.5. The number of fused-ring (bicyclic) bond motifs is 4. The van der Waals surface area contributed by atoms with Gasteiger partial charge in [-0.25, -0.2) is 24.9 Å². The minimum atomic E-state index is -0.225. The molecule has 186 valence electrons. The second-order valence-electron chi connectivity index (χ2n) is 9.61. The Kier molecular flexibility index (Phi) is 5.12. The number of hydrogen-bond acceptors (Lipinski definition) is 9. The van der Waals surface area contributed by atoms with Crippen LogP contribution < -0.4 is 15.0 Å². The smallest absolute Gasteiger partial charge is 0.226 e. The fraction of sp³-hybridized carbons (Fsp3) is 0.269. The molecule has 2 fully saturated rings. The fourth-order valence-corrected chi connectivity index (χ4v) is 5.57. The molecule has 0 radical (unpaired) electrons. The Morgan fingerprint density at radius 2 is 1.97 bits per heavy atom. The first-order chi connectivity index (χ1) is 18.0. The molecule has 11 heteroatoms. The molecule has 3 atom stereocenters. The highest BCUT2D eigenvalue weighted by Crippen LogP contribution is 2.40. The Labute approximate surface area is 216 Å². The summed E-state index contributed by atoms with van der Waals surface area (Å²) in [6.07, 6.45) is 6.47. The third kappa shape index (κ3) is 3.89. The summed E-state index contributed by atoms with van der Waals surface area (Å²) in [7, 11) is 1.95. The van der Waals surface area contributed by atoms with E-state index in [1.54, 1.807) is 18.6 Å². The van der Waals surface area contributed by atoms with Crippen LogP contribution in [-0.4, -0.2) is 53.3 Å². The lowest BCUT2D eigenvalue weighted by Gasteiger charge is -2.29. The van der Waals surface area contributed by atoms with Gasteiger partial charge in [0, 0.05) is 37.3 Å². The van der Waals surface area contributed by atoms with E-state index in [0.29, 0.717) is 39.3 Å². The van der Waals surface area contributed by atoms with Crippen molar-refractivity contribution >= 4 is 51.1 Å². The zero-order chi connectivity index (χ0) is 25.1. The van der Waals surface area contributed by atoms with Crippen LogP contribution in [0.2, 0.25) is 5.02 Å². The van der Waals surface area contributed by atoms with E-state index in [9.17, 15) is 5.11 Å². The summed E-state index contributed by atoms with van der Waals surface area (Å²) in [5.74, 6) is 2.66. The van der Waals surface area contributed by atoms with Gasteiger partial charge >= 0.3 is 0 Å². The molecular weight excluding hydrogens is 492 g/mol. The van der Waals surface area contributed by atoms with Crippen LogP contribution in [0.4, 0.5) is 17.5 Å². The van der Waals surface area contributed by atoms with Crippen molar-refractivity contribution in [2.75, 3.05) is 16.8 Å². The first-order valence-electron chi connectivity index (χ1n) is 12.1. The maximum atomic E-state index is 10.1. The molecule has 2 bridgehead atoms. The summed E-state index contributed by atoms with van der Waals surface area (Å²) in [5, 5.41) is 13.9. The molecule has 1 saturated carbocycles. The van der Waals surface area contributed by atoms with E-state index in [1.807, 2.05) is 41.9 Å². The summed E-state index contributed by atoms with van der Waals surface area (Å²) in [4.78, 5) is 24.6. The predicted octanol–water partition coefficient (Wildman–Crippen LogP) is 4.46. The van der Waals surface area contributed by atoms with E-state index >= 15 is 0 Å². The van der Waals surface area contributed by atoms with Crippen LogP contribution in [0, 0.1) is 5.92 Å². The van der Waals surface area contributed by atoms with Crippen molar-refractivity contribution in [3.05, 3.63) is 60.3 Å². The number of imidazole rings is 1. The van der Waals surface area contributed by atoms with Gasteiger partial charge in [-0.3, -0.25) is 0 Å². The van der Waals surface area contributed by atoms with Crippen LogP contribution in [0.5, 0.6) is 11.5 Å². The number of ether oxygens (including phenoxy) is 1. The molecule has 0 unspecified atom stereocenters. The molecule has 4 heterocycles. The Hall–Kier alpha value is -4.02. The monoisotopic (exact) mass is 514 g/mol. The van der Waals surface area contributed by atoms with Gasteiger partial charge < -0.3 is 24.6 Å². The normalized spacial score (nSPS) is 20.7. The summed E-state index contributed by atoms with van der Waals surface area (Å²) in [5.41, 5.74) is 3.87. The van der Waals surface area contributed by atoms with E-state index in [4.69, 9.17) is 21.3 Å². The Morgan fingerprint density at radius 3 is 2.78 bits per heavy atom. The van der Waals surface area contributed by atoms with Crippen LogP contribution >= 0.6 is 11.6 Å². The average molecular weight is 515 g/mol. The lowest BCUT2D eigenvalue weighted by Crippen LogP contribution is -2.38.